The molecule has 0 spiro atoms. The van der Waals surface area contributed by atoms with Crippen LogP contribution in [-0.2, 0) is 13.6 Å². The second kappa shape index (κ2) is 9.04. The zero-order valence-corrected chi connectivity index (χ0v) is 18.2. The summed E-state index contributed by atoms with van der Waals surface area (Å²) in [6, 6.07) is 12.8. The van der Waals surface area contributed by atoms with Gasteiger partial charge in [0.15, 0.2) is 0 Å². The number of anilines is 1. The lowest BCUT2D eigenvalue weighted by atomic mass is 9.84. The Morgan fingerprint density at radius 3 is 2.48 bits per heavy atom. The largest absolute Gasteiger partial charge is 0.399 e. The van der Waals surface area contributed by atoms with Gasteiger partial charge < -0.3 is 16.4 Å². The molecule has 1 aromatic heterocycles. The van der Waals surface area contributed by atoms with Crippen LogP contribution in [0.15, 0.2) is 60.9 Å². The van der Waals surface area contributed by atoms with Gasteiger partial charge in [-0.15, -0.1) is 0 Å². The zero-order chi connectivity index (χ0) is 22.7. The highest BCUT2D eigenvalue weighted by Gasteiger charge is 2.29. The molecule has 162 valence electrons. The third kappa shape index (κ3) is 4.77. The number of nitrogens with zero attached hydrogens (tertiary/aromatic N) is 3. The second-order valence-electron chi connectivity index (χ2n) is 7.80. The molecule has 0 fully saturated rings. The molecule has 3 aromatic rings. The van der Waals surface area contributed by atoms with Gasteiger partial charge >= 0.3 is 0 Å². The number of nitrogens with two attached hydrogens (primary N) is 2. The quantitative estimate of drug-likeness (QED) is 0.341. The standard InChI is InChI=1S/C17H21N5.C7H8FN/c1-11-15(8-20-21(11)3)16-10-22(12(2)17(18)19)9-13-6-4-5-7-14(13)16;1-5-4-6(8)2-3-7(5)9/h4-8,16H,2,9-10H2,1,3H3,(H3,18,19);2-4H,9H2,1H3. The summed E-state index contributed by atoms with van der Waals surface area (Å²) in [6.45, 7) is 9.33. The summed E-state index contributed by atoms with van der Waals surface area (Å²) in [5.74, 6) is 0.0116. The number of rotatable bonds is 3. The zero-order valence-electron chi connectivity index (χ0n) is 18.2. The molecule has 2 aromatic carbocycles. The number of halogens is 1. The fraction of sp³-hybridized carbons (Fsp3) is 0.250. The van der Waals surface area contributed by atoms with E-state index in [1.807, 2.05) is 24.0 Å². The topological polar surface area (TPSA) is 97.0 Å². The molecular weight excluding hydrogens is 391 g/mol. The van der Waals surface area contributed by atoms with Crippen LogP contribution >= 0.6 is 0 Å². The Bertz CT molecular complexity index is 1120. The van der Waals surface area contributed by atoms with Crippen LogP contribution < -0.4 is 11.5 Å². The molecule has 7 heteroatoms. The van der Waals surface area contributed by atoms with E-state index in [-0.39, 0.29) is 17.6 Å². The molecule has 1 aliphatic heterocycles. The molecule has 0 amide bonds. The average Bonchev–Trinajstić information content (AvgIpc) is 3.08. The molecule has 1 atom stereocenters. The molecule has 0 bridgehead atoms. The van der Waals surface area contributed by atoms with Crippen molar-refractivity contribution in [1.29, 1.82) is 5.41 Å². The Balaban J connectivity index is 0.000000254. The molecule has 6 nitrogen and oxygen atoms in total. The molecule has 0 saturated heterocycles. The van der Waals surface area contributed by atoms with Crippen molar-refractivity contribution in [2.24, 2.45) is 12.8 Å². The lowest BCUT2D eigenvalue weighted by molar-refractivity contribution is 0.318. The number of amidine groups is 1. The maximum absolute atomic E-state index is 12.3. The van der Waals surface area contributed by atoms with Crippen molar-refractivity contribution in [1.82, 2.24) is 14.7 Å². The molecule has 2 heterocycles. The first-order valence-corrected chi connectivity index (χ1v) is 10.0. The molecular formula is C24H29FN6. The summed E-state index contributed by atoms with van der Waals surface area (Å²) in [4.78, 5) is 2.09. The van der Waals surface area contributed by atoms with Crippen LogP contribution in [0.25, 0.3) is 0 Å². The smallest absolute Gasteiger partial charge is 0.138 e. The van der Waals surface area contributed by atoms with Crippen LogP contribution in [0.4, 0.5) is 10.1 Å². The molecule has 5 N–H and O–H groups in total. The Labute approximate surface area is 182 Å². The summed E-state index contributed by atoms with van der Waals surface area (Å²) in [5.41, 5.74) is 18.0. The van der Waals surface area contributed by atoms with E-state index < -0.39 is 0 Å². The SMILES string of the molecule is C=C(C(=N)N)N1Cc2ccccc2C(c2cnn(C)c2C)C1.Cc1cc(F)ccc1N. The van der Waals surface area contributed by atoms with E-state index in [9.17, 15) is 4.39 Å². The molecule has 4 rings (SSSR count). The van der Waals surface area contributed by atoms with Crippen LogP contribution in [0, 0.1) is 25.1 Å². The lowest BCUT2D eigenvalue weighted by Crippen LogP contribution is -2.37. The summed E-state index contributed by atoms with van der Waals surface area (Å²) < 4.78 is 14.2. The van der Waals surface area contributed by atoms with Gasteiger partial charge in [0.1, 0.15) is 11.7 Å². The minimum Gasteiger partial charge on any atom is -0.399 e. The number of benzene rings is 2. The van der Waals surface area contributed by atoms with E-state index in [2.05, 4.69) is 41.7 Å². The van der Waals surface area contributed by atoms with E-state index in [0.29, 0.717) is 11.4 Å². The summed E-state index contributed by atoms with van der Waals surface area (Å²) in [6.07, 6.45) is 1.94. The molecule has 1 unspecified atom stereocenters. The number of fused-ring (bicyclic) bond motifs is 1. The normalized spacial score (nSPS) is 15.0. The summed E-state index contributed by atoms with van der Waals surface area (Å²) in [5, 5.41) is 12.0. The van der Waals surface area contributed by atoms with E-state index in [4.69, 9.17) is 16.9 Å². The Morgan fingerprint density at radius 1 is 1.19 bits per heavy atom. The maximum Gasteiger partial charge on any atom is 0.138 e. The van der Waals surface area contributed by atoms with E-state index in [1.54, 1.807) is 13.0 Å². The molecule has 0 aliphatic carbocycles. The van der Waals surface area contributed by atoms with Gasteiger partial charge in [-0.2, -0.15) is 5.10 Å². The van der Waals surface area contributed by atoms with E-state index >= 15 is 0 Å². The number of hydrogen-bond acceptors (Lipinski definition) is 4. The number of aromatic nitrogens is 2. The molecule has 0 saturated carbocycles. The van der Waals surface area contributed by atoms with Crippen molar-refractivity contribution in [3.63, 3.8) is 0 Å². The summed E-state index contributed by atoms with van der Waals surface area (Å²) in [7, 11) is 1.96. The molecule has 1 aliphatic rings. The van der Waals surface area contributed by atoms with Gasteiger partial charge in [-0.05, 0) is 48.7 Å². The highest BCUT2D eigenvalue weighted by molar-refractivity contribution is 5.93. The van der Waals surface area contributed by atoms with Gasteiger partial charge in [0, 0.05) is 43.0 Å². The lowest BCUT2D eigenvalue weighted by Gasteiger charge is -2.36. The maximum atomic E-state index is 12.3. The van der Waals surface area contributed by atoms with E-state index in [0.717, 1.165) is 24.3 Å². The van der Waals surface area contributed by atoms with Crippen molar-refractivity contribution >= 4 is 11.5 Å². The Hall–Kier alpha value is -3.61. The van der Waals surface area contributed by atoms with Crippen LogP contribution in [0.2, 0.25) is 0 Å². The first kappa shape index (κ1) is 22.1. The van der Waals surface area contributed by atoms with Gasteiger partial charge in [0.25, 0.3) is 0 Å². The van der Waals surface area contributed by atoms with Gasteiger partial charge in [0.05, 0.1) is 11.9 Å². The van der Waals surface area contributed by atoms with Crippen molar-refractivity contribution in [3.8, 4) is 0 Å². The molecule has 31 heavy (non-hydrogen) atoms. The van der Waals surface area contributed by atoms with Crippen molar-refractivity contribution in [2.45, 2.75) is 26.3 Å². The van der Waals surface area contributed by atoms with Crippen molar-refractivity contribution < 1.29 is 4.39 Å². The second-order valence-corrected chi connectivity index (χ2v) is 7.80. The fourth-order valence-electron chi connectivity index (χ4n) is 3.75. The van der Waals surface area contributed by atoms with Crippen LogP contribution in [-0.4, -0.2) is 27.1 Å². The monoisotopic (exact) mass is 420 g/mol. The highest BCUT2D eigenvalue weighted by Crippen LogP contribution is 2.35. The molecule has 0 radical (unpaired) electrons. The predicted molar refractivity (Wildman–Crippen MR) is 123 cm³/mol. The van der Waals surface area contributed by atoms with Crippen molar-refractivity contribution in [2.75, 3.05) is 12.3 Å². The number of aryl methyl sites for hydroxylation is 2. The van der Waals surface area contributed by atoms with Gasteiger partial charge in [-0.3, -0.25) is 10.1 Å². The predicted octanol–water partition coefficient (Wildman–Crippen LogP) is 3.84. The van der Waals surface area contributed by atoms with Crippen LogP contribution in [0.3, 0.4) is 0 Å². The minimum absolute atomic E-state index is 0.0287. The van der Waals surface area contributed by atoms with Crippen molar-refractivity contribution in [3.05, 3.63) is 94.7 Å². The number of nitrogens with one attached hydrogen (secondary N) is 1. The van der Waals surface area contributed by atoms with Gasteiger partial charge in [-0.1, -0.05) is 30.8 Å². The Kier molecular flexibility index (Phi) is 6.44. The van der Waals surface area contributed by atoms with Gasteiger partial charge in [0.2, 0.25) is 0 Å². The highest BCUT2D eigenvalue weighted by atomic mass is 19.1. The Morgan fingerprint density at radius 2 is 1.90 bits per heavy atom. The first-order chi connectivity index (χ1) is 14.7. The van der Waals surface area contributed by atoms with Gasteiger partial charge in [-0.25, -0.2) is 4.39 Å². The van der Waals surface area contributed by atoms with Crippen LogP contribution in [0.5, 0.6) is 0 Å². The fourth-order valence-corrected chi connectivity index (χ4v) is 3.75. The minimum atomic E-state index is -0.235. The summed E-state index contributed by atoms with van der Waals surface area (Å²) >= 11 is 0. The van der Waals surface area contributed by atoms with E-state index in [1.165, 1.54) is 28.8 Å². The third-order valence-corrected chi connectivity index (χ3v) is 5.77. The van der Waals surface area contributed by atoms with Crippen LogP contribution in [0.1, 0.15) is 33.9 Å². The average molecular weight is 421 g/mol. The first-order valence-electron chi connectivity index (χ1n) is 10.0. The third-order valence-electron chi connectivity index (χ3n) is 5.77. The number of hydrogen-bond donors (Lipinski definition) is 3. The number of nitrogen functional groups attached to an aromatic ring is 1.